The van der Waals surface area contributed by atoms with E-state index in [2.05, 4.69) is 36.7 Å². The Bertz CT molecular complexity index is 150. The van der Waals surface area contributed by atoms with Crippen molar-refractivity contribution in [3.8, 4) is 0 Å². The first-order chi connectivity index (χ1) is 5.41. The molecule has 0 aliphatic heterocycles. The predicted octanol–water partition coefficient (Wildman–Crippen LogP) is 2.96. The lowest BCUT2D eigenvalue weighted by atomic mass is 9.72. The zero-order valence-corrected chi connectivity index (χ0v) is 9.76. The summed E-state index contributed by atoms with van der Waals surface area (Å²) in [5, 5.41) is 9.51. The van der Waals surface area contributed by atoms with Crippen LogP contribution in [-0.4, -0.2) is 16.0 Å². The van der Waals surface area contributed by atoms with Crippen LogP contribution >= 0.6 is 15.9 Å². The van der Waals surface area contributed by atoms with E-state index in [1.807, 2.05) is 0 Å². The molecule has 1 aliphatic rings. The summed E-state index contributed by atoms with van der Waals surface area (Å²) < 4.78 is 0. The minimum Gasteiger partial charge on any atom is -0.392 e. The summed E-state index contributed by atoms with van der Waals surface area (Å²) in [6.45, 7) is 6.86. The number of alkyl halides is 1. The monoisotopic (exact) mass is 234 g/mol. The van der Waals surface area contributed by atoms with Crippen molar-refractivity contribution in [3.63, 3.8) is 0 Å². The molecule has 1 N–H and O–H groups in total. The second-order valence-electron chi connectivity index (χ2n) is 4.96. The van der Waals surface area contributed by atoms with Gasteiger partial charge in [-0.2, -0.15) is 0 Å². The molecule has 0 saturated heterocycles. The number of hydrogen-bond acceptors (Lipinski definition) is 1. The molecule has 2 heteroatoms. The van der Waals surface area contributed by atoms with Crippen LogP contribution in [0.1, 0.15) is 40.0 Å². The van der Waals surface area contributed by atoms with E-state index in [1.54, 1.807) is 0 Å². The van der Waals surface area contributed by atoms with Crippen LogP contribution in [0.15, 0.2) is 0 Å². The summed E-state index contributed by atoms with van der Waals surface area (Å²) in [4.78, 5) is 0.315. The highest BCUT2D eigenvalue weighted by atomic mass is 79.9. The molecule has 0 radical (unpaired) electrons. The fourth-order valence-corrected chi connectivity index (χ4v) is 2.60. The van der Waals surface area contributed by atoms with Crippen molar-refractivity contribution in [2.24, 2.45) is 11.3 Å². The van der Waals surface area contributed by atoms with Gasteiger partial charge in [-0.15, -0.1) is 0 Å². The lowest BCUT2D eigenvalue weighted by Crippen LogP contribution is -2.34. The lowest BCUT2D eigenvalue weighted by molar-refractivity contribution is 0.0806. The highest BCUT2D eigenvalue weighted by molar-refractivity contribution is 9.09. The van der Waals surface area contributed by atoms with Crippen LogP contribution in [0.5, 0.6) is 0 Å². The van der Waals surface area contributed by atoms with Crippen LogP contribution in [0.2, 0.25) is 0 Å². The molecule has 1 nitrogen and oxygen atoms in total. The molecule has 0 spiro atoms. The summed E-state index contributed by atoms with van der Waals surface area (Å²) in [5.74, 6) is 0.755. The quantitative estimate of drug-likeness (QED) is 0.640. The summed E-state index contributed by atoms with van der Waals surface area (Å²) >= 11 is 3.54. The minimum atomic E-state index is -0.122. The molecule has 0 unspecified atom stereocenters. The average Bonchev–Trinajstić information content (AvgIpc) is 1.92. The van der Waals surface area contributed by atoms with Crippen LogP contribution in [0.25, 0.3) is 0 Å². The molecule has 1 aliphatic carbocycles. The maximum atomic E-state index is 9.51. The highest BCUT2D eigenvalue weighted by Crippen LogP contribution is 2.39. The molecule has 1 rings (SSSR count). The number of halogens is 1. The van der Waals surface area contributed by atoms with Crippen LogP contribution in [0.3, 0.4) is 0 Å². The van der Waals surface area contributed by atoms with E-state index in [9.17, 15) is 5.11 Å². The number of aliphatic hydroxyl groups is 1. The Morgan fingerprint density at radius 1 is 1.25 bits per heavy atom. The molecule has 1 saturated carbocycles. The zero-order chi connectivity index (χ0) is 9.35. The fraction of sp³-hybridized carbons (Fsp3) is 1.00. The topological polar surface area (TPSA) is 20.2 Å². The standard InChI is InChI=1S/C10H19BrO/c1-10(2,3)7-4-5-9(12)8(11)6-7/h7-9,12H,4-6H2,1-3H3/t7-,8-,9+/m0/s1. The van der Waals surface area contributed by atoms with E-state index in [1.165, 1.54) is 6.42 Å². The van der Waals surface area contributed by atoms with Gasteiger partial charge in [0.05, 0.1) is 6.10 Å². The third kappa shape index (κ3) is 2.46. The van der Waals surface area contributed by atoms with Crippen molar-refractivity contribution >= 4 is 15.9 Å². The number of rotatable bonds is 0. The molecule has 0 aromatic carbocycles. The van der Waals surface area contributed by atoms with E-state index < -0.39 is 0 Å². The summed E-state index contributed by atoms with van der Waals surface area (Å²) in [5.41, 5.74) is 0.395. The maximum absolute atomic E-state index is 9.51. The number of aliphatic hydroxyl groups excluding tert-OH is 1. The third-order valence-corrected chi connectivity index (χ3v) is 3.95. The molecule has 12 heavy (non-hydrogen) atoms. The Morgan fingerprint density at radius 3 is 2.25 bits per heavy atom. The second-order valence-corrected chi connectivity index (χ2v) is 6.14. The molecule has 72 valence electrons. The Hall–Kier alpha value is 0.440. The largest absolute Gasteiger partial charge is 0.392 e. The molecule has 0 heterocycles. The van der Waals surface area contributed by atoms with Crippen molar-refractivity contribution in [2.45, 2.75) is 51.0 Å². The smallest absolute Gasteiger partial charge is 0.0665 e. The van der Waals surface area contributed by atoms with Gasteiger partial charge in [-0.1, -0.05) is 36.7 Å². The van der Waals surface area contributed by atoms with Crippen molar-refractivity contribution in [3.05, 3.63) is 0 Å². The van der Waals surface area contributed by atoms with Gasteiger partial charge < -0.3 is 5.11 Å². The van der Waals surface area contributed by atoms with Crippen molar-refractivity contribution in [1.82, 2.24) is 0 Å². The molecule has 1 fully saturated rings. The third-order valence-electron chi connectivity index (χ3n) is 2.96. The molecule has 0 aromatic rings. The van der Waals surface area contributed by atoms with Gasteiger partial charge in [-0.3, -0.25) is 0 Å². The van der Waals surface area contributed by atoms with Crippen LogP contribution in [-0.2, 0) is 0 Å². The van der Waals surface area contributed by atoms with Crippen LogP contribution < -0.4 is 0 Å². The second kappa shape index (κ2) is 3.67. The molecule has 0 aromatic heterocycles. The van der Waals surface area contributed by atoms with Gasteiger partial charge in [0.1, 0.15) is 0 Å². The van der Waals surface area contributed by atoms with Crippen LogP contribution in [0.4, 0.5) is 0 Å². The first kappa shape index (κ1) is 10.5. The summed E-state index contributed by atoms with van der Waals surface area (Å²) in [6.07, 6.45) is 3.12. The van der Waals surface area contributed by atoms with E-state index in [0.717, 1.165) is 18.8 Å². The zero-order valence-electron chi connectivity index (χ0n) is 8.18. The highest BCUT2D eigenvalue weighted by Gasteiger charge is 2.33. The van der Waals surface area contributed by atoms with Crippen LogP contribution in [0, 0.1) is 11.3 Å². The molecule has 0 bridgehead atoms. The molecule has 0 amide bonds. The van der Waals surface area contributed by atoms with Gasteiger partial charge in [0.15, 0.2) is 0 Å². The Balaban J connectivity index is 2.51. The normalized spacial score (nSPS) is 38.2. The molecular formula is C10H19BrO. The van der Waals surface area contributed by atoms with Gasteiger partial charge >= 0.3 is 0 Å². The van der Waals surface area contributed by atoms with Crippen molar-refractivity contribution in [2.75, 3.05) is 0 Å². The average molecular weight is 235 g/mol. The minimum absolute atomic E-state index is 0.122. The van der Waals surface area contributed by atoms with E-state index in [4.69, 9.17) is 0 Å². The fourth-order valence-electron chi connectivity index (χ4n) is 1.89. The SMILES string of the molecule is CC(C)(C)[C@H]1CC[C@@H](O)[C@@H](Br)C1. The Morgan fingerprint density at radius 2 is 1.83 bits per heavy atom. The molecule has 3 atom stereocenters. The van der Waals surface area contributed by atoms with Gasteiger partial charge in [-0.05, 0) is 30.6 Å². The van der Waals surface area contributed by atoms with E-state index in [-0.39, 0.29) is 6.10 Å². The van der Waals surface area contributed by atoms with Gasteiger partial charge in [-0.25, -0.2) is 0 Å². The maximum Gasteiger partial charge on any atom is 0.0665 e. The Labute approximate surface area is 83.7 Å². The molecular weight excluding hydrogens is 216 g/mol. The summed E-state index contributed by atoms with van der Waals surface area (Å²) in [6, 6.07) is 0. The number of hydrogen-bond donors (Lipinski definition) is 1. The summed E-state index contributed by atoms with van der Waals surface area (Å²) in [7, 11) is 0. The first-order valence-electron chi connectivity index (χ1n) is 4.73. The van der Waals surface area contributed by atoms with E-state index >= 15 is 0 Å². The predicted molar refractivity (Wildman–Crippen MR) is 55.5 cm³/mol. The Kier molecular flexibility index (Phi) is 3.21. The van der Waals surface area contributed by atoms with E-state index in [0.29, 0.717) is 10.2 Å². The van der Waals surface area contributed by atoms with Gasteiger partial charge in [0.25, 0.3) is 0 Å². The van der Waals surface area contributed by atoms with Gasteiger partial charge in [0, 0.05) is 4.83 Å². The lowest BCUT2D eigenvalue weighted by Gasteiger charge is -2.38. The van der Waals surface area contributed by atoms with Crippen molar-refractivity contribution < 1.29 is 5.11 Å². The first-order valence-corrected chi connectivity index (χ1v) is 5.65. The van der Waals surface area contributed by atoms with Gasteiger partial charge in [0.2, 0.25) is 0 Å². The van der Waals surface area contributed by atoms with Crippen molar-refractivity contribution in [1.29, 1.82) is 0 Å².